The largest absolute Gasteiger partial charge is 0.476 e. The molecule has 1 aromatic heterocycles. The number of nitrogens with one attached hydrogen (secondary N) is 1. The van der Waals surface area contributed by atoms with Gasteiger partial charge in [-0.25, -0.2) is 22.9 Å². The Hall–Kier alpha value is -1.55. The van der Waals surface area contributed by atoms with Gasteiger partial charge in [0.1, 0.15) is 0 Å². The topological polar surface area (TPSA) is 101 Å². The minimum atomic E-state index is -4.61. The third-order valence-corrected chi connectivity index (χ3v) is 2.84. The van der Waals surface area contributed by atoms with Crippen LogP contribution in [0.15, 0.2) is 12.5 Å². The van der Waals surface area contributed by atoms with Gasteiger partial charge in [0, 0.05) is 19.3 Å². The lowest BCUT2D eigenvalue weighted by molar-refractivity contribution is 0.0691. The Morgan fingerprint density at radius 2 is 2.24 bits per heavy atom. The van der Waals surface area contributed by atoms with Crippen molar-refractivity contribution in [3.63, 3.8) is 0 Å². The predicted octanol–water partition coefficient (Wildman–Crippen LogP) is -0.277. The number of alkyl halides is 2. The summed E-state index contributed by atoms with van der Waals surface area (Å²) >= 11 is 0. The zero-order valence-electron chi connectivity index (χ0n) is 8.38. The van der Waals surface area contributed by atoms with Crippen LogP contribution in [0.4, 0.5) is 8.78 Å². The first kappa shape index (κ1) is 13.5. The highest BCUT2D eigenvalue weighted by molar-refractivity contribution is 7.89. The van der Waals surface area contributed by atoms with E-state index in [1.165, 1.54) is 17.1 Å². The molecule has 0 aliphatic rings. The summed E-state index contributed by atoms with van der Waals surface area (Å²) < 4.78 is 48.1. The first-order valence-corrected chi connectivity index (χ1v) is 5.89. The molecule has 0 amide bonds. The van der Waals surface area contributed by atoms with Gasteiger partial charge in [-0.3, -0.25) is 0 Å². The van der Waals surface area contributed by atoms with E-state index in [0.29, 0.717) is 0 Å². The minimum Gasteiger partial charge on any atom is -0.476 e. The standard InChI is InChI=1S/C7H9F2N3O4S/c8-7(9)17(15,16)11-1-2-12-3-5(6(13)14)10-4-12/h3-4,7,11H,1-2H2,(H,13,14). The number of hydrogen-bond donors (Lipinski definition) is 2. The molecule has 0 radical (unpaired) electrons. The van der Waals surface area contributed by atoms with Crippen LogP contribution in [-0.4, -0.2) is 41.3 Å². The Morgan fingerprint density at radius 1 is 1.59 bits per heavy atom. The molecule has 1 rings (SSSR count). The smallest absolute Gasteiger partial charge is 0.356 e. The zero-order chi connectivity index (χ0) is 13.1. The predicted molar refractivity (Wildman–Crippen MR) is 52.1 cm³/mol. The average Bonchev–Trinajstić information content (AvgIpc) is 2.66. The van der Waals surface area contributed by atoms with Crippen LogP contribution in [0.2, 0.25) is 0 Å². The summed E-state index contributed by atoms with van der Waals surface area (Å²) in [6.45, 7) is -0.270. The van der Waals surface area contributed by atoms with Crippen molar-refractivity contribution in [2.75, 3.05) is 6.54 Å². The molecule has 2 N–H and O–H groups in total. The van der Waals surface area contributed by atoms with Crippen LogP contribution in [0.5, 0.6) is 0 Å². The molecule has 0 aliphatic carbocycles. The molecular formula is C7H9F2N3O4S. The van der Waals surface area contributed by atoms with E-state index in [-0.39, 0.29) is 18.8 Å². The summed E-state index contributed by atoms with van der Waals surface area (Å²) in [5.74, 6) is -4.71. The van der Waals surface area contributed by atoms with Gasteiger partial charge in [0.25, 0.3) is 10.0 Å². The van der Waals surface area contributed by atoms with Crippen molar-refractivity contribution in [3.8, 4) is 0 Å². The maximum absolute atomic E-state index is 11.9. The van der Waals surface area contributed by atoms with Crippen LogP contribution in [0.3, 0.4) is 0 Å². The molecule has 10 heteroatoms. The number of rotatable bonds is 6. The van der Waals surface area contributed by atoms with Crippen LogP contribution in [-0.2, 0) is 16.6 Å². The zero-order valence-corrected chi connectivity index (χ0v) is 9.19. The first-order chi connectivity index (χ1) is 7.83. The molecule has 7 nitrogen and oxygen atoms in total. The molecule has 0 saturated carbocycles. The van der Waals surface area contributed by atoms with E-state index in [9.17, 15) is 22.0 Å². The van der Waals surface area contributed by atoms with E-state index in [2.05, 4.69) is 4.98 Å². The highest BCUT2D eigenvalue weighted by Crippen LogP contribution is 2.01. The number of carboxylic acid groups (broad SMARTS) is 1. The molecule has 0 spiro atoms. The molecule has 0 atom stereocenters. The summed E-state index contributed by atoms with van der Waals surface area (Å²) in [4.78, 5) is 14.0. The Morgan fingerprint density at radius 3 is 2.71 bits per heavy atom. The minimum absolute atomic E-state index is 0.00618. The Balaban J connectivity index is 2.49. The monoisotopic (exact) mass is 269 g/mol. The van der Waals surface area contributed by atoms with Gasteiger partial charge in [-0.15, -0.1) is 0 Å². The lowest BCUT2D eigenvalue weighted by atomic mass is 10.5. The van der Waals surface area contributed by atoms with E-state index < -0.39 is 21.8 Å². The third kappa shape index (κ3) is 3.75. The van der Waals surface area contributed by atoms with E-state index in [0.717, 1.165) is 0 Å². The van der Waals surface area contributed by atoms with Gasteiger partial charge < -0.3 is 9.67 Å². The first-order valence-electron chi connectivity index (χ1n) is 4.34. The number of carboxylic acids is 1. The van der Waals surface area contributed by atoms with E-state index >= 15 is 0 Å². The molecule has 1 heterocycles. The van der Waals surface area contributed by atoms with Gasteiger partial charge in [-0.05, 0) is 0 Å². The number of aromatic nitrogens is 2. The highest BCUT2D eigenvalue weighted by atomic mass is 32.2. The Kier molecular flexibility index (Phi) is 4.12. The van der Waals surface area contributed by atoms with Crippen molar-refractivity contribution < 1.29 is 27.1 Å². The second-order valence-electron chi connectivity index (χ2n) is 3.00. The molecule has 0 saturated heterocycles. The van der Waals surface area contributed by atoms with Crippen LogP contribution in [0.1, 0.15) is 10.5 Å². The number of sulfonamides is 1. The maximum Gasteiger partial charge on any atom is 0.356 e. The van der Waals surface area contributed by atoms with Gasteiger partial charge in [0.05, 0.1) is 6.33 Å². The summed E-state index contributed by atoms with van der Waals surface area (Å²) in [5.41, 5.74) is -0.207. The average molecular weight is 269 g/mol. The number of halogens is 2. The number of hydrogen-bond acceptors (Lipinski definition) is 4. The fraction of sp³-hybridized carbons (Fsp3) is 0.429. The van der Waals surface area contributed by atoms with E-state index in [4.69, 9.17) is 5.11 Å². The van der Waals surface area contributed by atoms with Crippen LogP contribution < -0.4 is 4.72 Å². The third-order valence-electron chi connectivity index (χ3n) is 1.76. The summed E-state index contributed by atoms with van der Waals surface area (Å²) in [7, 11) is -4.61. The maximum atomic E-state index is 11.9. The van der Waals surface area contributed by atoms with Crippen LogP contribution in [0.25, 0.3) is 0 Å². The molecule has 0 aliphatic heterocycles. The fourth-order valence-corrected chi connectivity index (χ4v) is 1.47. The molecule has 96 valence electrons. The summed E-state index contributed by atoms with van der Waals surface area (Å²) in [6, 6.07) is 0. The van der Waals surface area contributed by atoms with Gasteiger partial charge in [0.2, 0.25) is 0 Å². The van der Waals surface area contributed by atoms with Crippen molar-refractivity contribution in [2.45, 2.75) is 12.3 Å². The van der Waals surface area contributed by atoms with Crippen LogP contribution in [0, 0.1) is 0 Å². The molecule has 0 fully saturated rings. The number of imidazole rings is 1. The van der Waals surface area contributed by atoms with Crippen molar-refractivity contribution in [2.24, 2.45) is 0 Å². The van der Waals surface area contributed by atoms with Crippen molar-refractivity contribution in [1.82, 2.24) is 14.3 Å². The van der Waals surface area contributed by atoms with Crippen LogP contribution >= 0.6 is 0 Å². The SMILES string of the molecule is O=C(O)c1cn(CCNS(=O)(=O)C(F)F)cn1. The normalized spacial score (nSPS) is 11.9. The lowest BCUT2D eigenvalue weighted by Gasteiger charge is -2.05. The lowest BCUT2D eigenvalue weighted by Crippen LogP contribution is -2.31. The molecule has 0 unspecified atom stereocenters. The van der Waals surface area contributed by atoms with E-state index in [1.54, 1.807) is 4.72 Å². The molecule has 1 aromatic rings. The van der Waals surface area contributed by atoms with E-state index in [1.807, 2.05) is 0 Å². The number of aromatic carboxylic acids is 1. The fourth-order valence-electron chi connectivity index (χ4n) is 0.973. The molecular weight excluding hydrogens is 260 g/mol. The van der Waals surface area contributed by atoms with Gasteiger partial charge in [0.15, 0.2) is 5.69 Å². The van der Waals surface area contributed by atoms with Gasteiger partial charge >= 0.3 is 11.7 Å². The number of nitrogens with zero attached hydrogens (tertiary/aromatic N) is 2. The van der Waals surface area contributed by atoms with Crippen molar-refractivity contribution in [1.29, 1.82) is 0 Å². The molecule has 0 aromatic carbocycles. The second kappa shape index (κ2) is 5.19. The quantitative estimate of drug-likeness (QED) is 0.739. The summed E-state index contributed by atoms with van der Waals surface area (Å²) in [6.07, 6.45) is 2.33. The second-order valence-corrected chi connectivity index (χ2v) is 4.74. The van der Waals surface area contributed by atoms with Gasteiger partial charge in [-0.2, -0.15) is 8.78 Å². The molecule has 17 heavy (non-hydrogen) atoms. The summed E-state index contributed by atoms with van der Waals surface area (Å²) in [5, 5.41) is 8.54. The van der Waals surface area contributed by atoms with Crippen molar-refractivity contribution >= 4 is 16.0 Å². The Bertz CT molecular complexity index is 499. The highest BCUT2D eigenvalue weighted by Gasteiger charge is 2.22. The van der Waals surface area contributed by atoms with Crippen molar-refractivity contribution in [3.05, 3.63) is 18.2 Å². The van der Waals surface area contributed by atoms with Gasteiger partial charge in [-0.1, -0.05) is 0 Å². The molecule has 0 bridgehead atoms. The Labute approximate surface area is 95.1 Å². The number of carbonyl (C=O) groups is 1.